The molecule has 2 aliphatic rings. The van der Waals surface area contributed by atoms with Crippen LogP contribution in [0.3, 0.4) is 0 Å². The Bertz CT molecular complexity index is 295. The van der Waals surface area contributed by atoms with E-state index in [1.165, 1.54) is 58.0 Å². The molecular formula is C16H33IN4. The highest BCUT2D eigenvalue weighted by Crippen LogP contribution is 2.17. The third kappa shape index (κ3) is 7.17. The van der Waals surface area contributed by atoms with E-state index in [0.717, 1.165) is 25.0 Å². The maximum atomic E-state index is 4.35. The SMILES string of the molecule is CN=C(NCCN1CCC(C)CC1)NC1CCCCC1.I. The van der Waals surface area contributed by atoms with Gasteiger partial charge in [-0.1, -0.05) is 26.2 Å². The van der Waals surface area contributed by atoms with Gasteiger partial charge >= 0.3 is 0 Å². The molecule has 0 bridgehead atoms. The van der Waals surface area contributed by atoms with Crippen molar-refractivity contribution in [3.63, 3.8) is 0 Å². The third-order valence-corrected chi connectivity index (χ3v) is 4.77. The van der Waals surface area contributed by atoms with Crippen LogP contribution in [0.25, 0.3) is 0 Å². The van der Waals surface area contributed by atoms with E-state index in [2.05, 4.69) is 27.4 Å². The van der Waals surface area contributed by atoms with E-state index in [-0.39, 0.29) is 24.0 Å². The first kappa shape index (κ1) is 19.0. The minimum Gasteiger partial charge on any atom is -0.355 e. The van der Waals surface area contributed by atoms with Crippen molar-refractivity contribution >= 4 is 29.9 Å². The summed E-state index contributed by atoms with van der Waals surface area (Å²) in [5.74, 6) is 1.90. The average Bonchev–Trinajstić information content (AvgIpc) is 2.49. The normalized spacial score (nSPS) is 22.7. The van der Waals surface area contributed by atoms with Crippen molar-refractivity contribution in [2.24, 2.45) is 10.9 Å². The lowest BCUT2D eigenvalue weighted by Gasteiger charge is -2.30. The fourth-order valence-electron chi connectivity index (χ4n) is 3.25. The van der Waals surface area contributed by atoms with Crippen LogP contribution in [0.4, 0.5) is 0 Å². The molecule has 0 spiro atoms. The monoisotopic (exact) mass is 408 g/mol. The third-order valence-electron chi connectivity index (χ3n) is 4.77. The molecule has 1 saturated heterocycles. The Morgan fingerprint density at radius 3 is 2.38 bits per heavy atom. The molecule has 0 aromatic carbocycles. The van der Waals surface area contributed by atoms with Crippen molar-refractivity contribution in [2.75, 3.05) is 33.2 Å². The van der Waals surface area contributed by atoms with Gasteiger partial charge in [-0.3, -0.25) is 4.99 Å². The molecule has 2 fully saturated rings. The number of guanidine groups is 1. The number of nitrogens with zero attached hydrogens (tertiary/aromatic N) is 2. The van der Waals surface area contributed by atoms with Crippen LogP contribution >= 0.6 is 24.0 Å². The molecule has 0 aromatic heterocycles. The zero-order valence-electron chi connectivity index (χ0n) is 13.7. The van der Waals surface area contributed by atoms with Crippen LogP contribution in [-0.2, 0) is 0 Å². The summed E-state index contributed by atoms with van der Waals surface area (Å²) in [6, 6.07) is 0.630. The molecule has 1 aliphatic heterocycles. The van der Waals surface area contributed by atoms with Gasteiger partial charge in [0, 0.05) is 26.2 Å². The lowest BCUT2D eigenvalue weighted by atomic mass is 9.96. The van der Waals surface area contributed by atoms with Crippen LogP contribution in [0.5, 0.6) is 0 Å². The van der Waals surface area contributed by atoms with Crippen LogP contribution in [0, 0.1) is 5.92 Å². The maximum absolute atomic E-state index is 4.35. The van der Waals surface area contributed by atoms with Crippen LogP contribution < -0.4 is 10.6 Å². The quantitative estimate of drug-likeness (QED) is 0.427. The van der Waals surface area contributed by atoms with Crippen molar-refractivity contribution in [3.05, 3.63) is 0 Å². The standard InChI is InChI=1S/C16H32N4.HI/c1-14-8-11-20(12-9-14)13-10-18-16(17-2)19-15-6-4-3-5-7-15;/h14-15H,3-13H2,1-2H3,(H2,17,18,19);1H. The first-order chi connectivity index (χ1) is 9.78. The molecule has 1 heterocycles. The van der Waals surface area contributed by atoms with Gasteiger partial charge in [0.15, 0.2) is 5.96 Å². The Morgan fingerprint density at radius 1 is 1.10 bits per heavy atom. The Balaban J connectivity index is 0.00000220. The molecule has 4 nitrogen and oxygen atoms in total. The van der Waals surface area contributed by atoms with E-state index in [0.29, 0.717) is 6.04 Å². The Morgan fingerprint density at radius 2 is 1.76 bits per heavy atom. The maximum Gasteiger partial charge on any atom is 0.191 e. The van der Waals surface area contributed by atoms with Gasteiger partial charge in [0.25, 0.3) is 0 Å². The highest BCUT2D eigenvalue weighted by atomic mass is 127. The van der Waals surface area contributed by atoms with Gasteiger partial charge in [0.1, 0.15) is 0 Å². The van der Waals surface area contributed by atoms with Gasteiger partial charge in [-0.25, -0.2) is 0 Å². The largest absolute Gasteiger partial charge is 0.355 e. The van der Waals surface area contributed by atoms with E-state index in [1.54, 1.807) is 0 Å². The lowest BCUT2D eigenvalue weighted by Crippen LogP contribution is -2.47. The topological polar surface area (TPSA) is 39.7 Å². The highest BCUT2D eigenvalue weighted by molar-refractivity contribution is 14.0. The summed E-state index contributed by atoms with van der Waals surface area (Å²) in [4.78, 5) is 6.92. The molecule has 0 atom stereocenters. The van der Waals surface area contributed by atoms with E-state index in [1.807, 2.05) is 7.05 Å². The minimum absolute atomic E-state index is 0. The summed E-state index contributed by atoms with van der Waals surface area (Å²) in [5, 5.41) is 7.04. The molecule has 0 aromatic rings. The summed E-state index contributed by atoms with van der Waals surface area (Å²) < 4.78 is 0. The zero-order valence-corrected chi connectivity index (χ0v) is 16.1. The van der Waals surface area contributed by atoms with Crippen molar-refractivity contribution in [2.45, 2.75) is 57.9 Å². The van der Waals surface area contributed by atoms with Gasteiger partial charge in [0.2, 0.25) is 0 Å². The number of halogens is 1. The molecule has 124 valence electrons. The summed E-state index contributed by atoms with van der Waals surface area (Å²) in [6.45, 7) is 7.03. The highest BCUT2D eigenvalue weighted by Gasteiger charge is 2.16. The number of aliphatic imine (C=N–C) groups is 1. The van der Waals surface area contributed by atoms with Crippen molar-refractivity contribution < 1.29 is 0 Å². The predicted octanol–water partition coefficient (Wildman–Crippen LogP) is 2.83. The number of nitrogens with one attached hydrogen (secondary N) is 2. The average molecular weight is 408 g/mol. The first-order valence-corrected chi connectivity index (χ1v) is 8.47. The minimum atomic E-state index is 0. The smallest absolute Gasteiger partial charge is 0.191 e. The number of likely N-dealkylation sites (tertiary alicyclic amines) is 1. The number of piperidine rings is 1. The van der Waals surface area contributed by atoms with Crippen molar-refractivity contribution in [3.8, 4) is 0 Å². The fourth-order valence-corrected chi connectivity index (χ4v) is 3.25. The summed E-state index contributed by atoms with van der Waals surface area (Å²) in [7, 11) is 1.88. The van der Waals surface area contributed by atoms with Crippen molar-refractivity contribution in [1.29, 1.82) is 0 Å². The Labute approximate surface area is 147 Å². The molecule has 0 amide bonds. The molecule has 5 heteroatoms. The van der Waals surface area contributed by atoms with Gasteiger partial charge in [-0.05, 0) is 44.7 Å². The van der Waals surface area contributed by atoms with Gasteiger partial charge in [-0.15, -0.1) is 24.0 Å². The second-order valence-corrected chi connectivity index (χ2v) is 6.50. The molecule has 2 N–H and O–H groups in total. The molecule has 0 radical (unpaired) electrons. The molecular weight excluding hydrogens is 375 g/mol. The summed E-state index contributed by atoms with van der Waals surface area (Å²) in [6.07, 6.45) is 9.43. The van der Waals surface area contributed by atoms with Gasteiger partial charge < -0.3 is 15.5 Å². The van der Waals surface area contributed by atoms with E-state index < -0.39 is 0 Å². The van der Waals surface area contributed by atoms with E-state index in [4.69, 9.17) is 0 Å². The second-order valence-electron chi connectivity index (χ2n) is 6.50. The van der Waals surface area contributed by atoms with Crippen LogP contribution in [0.1, 0.15) is 51.9 Å². The molecule has 1 saturated carbocycles. The van der Waals surface area contributed by atoms with E-state index >= 15 is 0 Å². The van der Waals surface area contributed by atoms with Gasteiger partial charge in [0.05, 0.1) is 0 Å². The number of hydrogen-bond donors (Lipinski definition) is 2. The Hall–Kier alpha value is -0.0400. The summed E-state index contributed by atoms with van der Waals surface area (Å²) >= 11 is 0. The van der Waals surface area contributed by atoms with E-state index in [9.17, 15) is 0 Å². The molecule has 21 heavy (non-hydrogen) atoms. The fraction of sp³-hybridized carbons (Fsp3) is 0.938. The van der Waals surface area contributed by atoms with Crippen LogP contribution in [0.2, 0.25) is 0 Å². The van der Waals surface area contributed by atoms with Crippen LogP contribution in [0.15, 0.2) is 4.99 Å². The molecule has 2 rings (SSSR count). The van der Waals surface area contributed by atoms with Crippen LogP contribution in [-0.4, -0.2) is 50.1 Å². The zero-order chi connectivity index (χ0) is 14.2. The second kappa shape index (κ2) is 10.6. The van der Waals surface area contributed by atoms with Crippen molar-refractivity contribution in [1.82, 2.24) is 15.5 Å². The van der Waals surface area contributed by atoms with Gasteiger partial charge in [-0.2, -0.15) is 0 Å². The predicted molar refractivity (Wildman–Crippen MR) is 102 cm³/mol. The molecule has 1 aliphatic carbocycles. The Kier molecular flexibility index (Phi) is 9.64. The number of rotatable bonds is 4. The first-order valence-electron chi connectivity index (χ1n) is 8.47. The lowest BCUT2D eigenvalue weighted by molar-refractivity contribution is 0.195. The number of hydrogen-bond acceptors (Lipinski definition) is 2. The molecule has 0 unspecified atom stereocenters. The summed E-state index contributed by atoms with van der Waals surface area (Å²) in [5.41, 5.74) is 0.